The number of fused-ring (bicyclic) bond motifs is 1. The number of likely N-dealkylation sites (N-methyl/N-ethyl adjacent to an activating group) is 1. The number of nitriles is 1. The number of anilines is 1. The summed E-state index contributed by atoms with van der Waals surface area (Å²) in [6, 6.07) is 2.32. The number of aromatic amines is 1. The summed E-state index contributed by atoms with van der Waals surface area (Å²) in [4.78, 5) is 28.2. The van der Waals surface area contributed by atoms with Gasteiger partial charge in [-0.05, 0) is 38.9 Å². The molecule has 0 saturated carbocycles. The van der Waals surface area contributed by atoms with E-state index >= 15 is 0 Å². The molecule has 0 aromatic carbocycles. The second kappa shape index (κ2) is 9.33. The lowest BCUT2D eigenvalue weighted by molar-refractivity contribution is -0.127. The highest BCUT2D eigenvalue weighted by atomic mass is 16.2. The summed E-state index contributed by atoms with van der Waals surface area (Å²) in [5, 5.41) is 13.3. The second-order valence-corrected chi connectivity index (χ2v) is 7.35. The van der Waals surface area contributed by atoms with Gasteiger partial charge in [-0.25, -0.2) is 9.97 Å². The van der Waals surface area contributed by atoms with Crippen molar-refractivity contribution in [2.24, 2.45) is 0 Å². The van der Waals surface area contributed by atoms with Crippen LogP contribution in [0.1, 0.15) is 24.8 Å². The lowest BCUT2D eigenvalue weighted by Crippen LogP contribution is -2.44. The van der Waals surface area contributed by atoms with Crippen molar-refractivity contribution in [2.75, 3.05) is 39.0 Å². The van der Waals surface area contributed by atoms with E-state index in [2.05, 4.69) is 26.3 Å². The number of rotatable bonds is 7. The lowest BCUT2D eigenvalue weighted by atomic mass is 10.0. The number of carbonyl (C=O) groups excluding carboxylic acids is 1. The number of H-pyrrole nitrogens is 1. The van der Waals surface area contributed by atoms with Crippen molar-refractivity contribution in [3.8, 4) is 6.07 Å². The molecular formula is C20H27N7O. The highest BCUT2D eigenvalue weighted by molar-refractivity contribution is 5.90. The predicted molar refractivity (Wildman–Crippen MR) is 109 cm³/mol. The third kappa shape index (κ3) is 4.87. The van der Waals surface area contributed by atoms with Crippen molar-refractivity contribution < 1.29 is 4.79 Å². The highest BCUT2D eigenvalue weighted by Gasteiger charge is 2.23. The van der Waals surface area contributed by atoms with E-state index in [1.165, 1.54) is 6.33 Å². The van der Waals surface area contributed by atoms with Gasteiger partial charge in [0.1, 0.15) is 17.8 Å². The number of nitrogens with zero attached hydrogens (tertiary/aromatic N) is 5. The zero-order valence-electron chi connectivity index (χ0n) is 16.5. The van der Waals surface area contributed by atoms with Crippen molar-refractivity contribution in [1.82, 2.24) is 24.8 Å². The Labute approximate surface area is 165 Å². The fourth-order valence-corrected chi connectivity index (χ4v) is 3.48. The Morgan fingerprint density at radius 1 is 1.50 bits per heavy atom. The highest BCUT2D eigenvalue weighted by Crippen LogP contribution is 2.26. The molecule has 8 nitrogen and oxygen atoms in total. The molecule has 8 heteroatoms. The number of hydrogen-bond donors (Lipinski definition) is 2. The minimum absolute atomic E-state index is 0.0533. The maximum atomic E-state index is 12.5. The Morgan fingerprint density at radius 2 is 2.36 bits per heavy atom. The van der Waals surface area contributed by atoms with Crippen LogP contribution in [0, 0.1) is 11.3 Å². The molecule has 0 radical (unpaired) electrons. The van der Waals surface area contributed by atoms with E-state index in [1.54, 1.807) is 6.08 Å². The first-order valence-electron chi connectivity index (χ1n) is 9.63. The van der Waals surface area contributed by atoms with E-state index in [1.807, 2.05) is 36.2 Å². The SMILES string of the molecule is CN(C)CC=CC(=O)N1CCC[C@@H](Nc2ncnc3[nH]cc(CCC#N)c23)C1. The molecule has 28 heavy (non-hydrogen) atoms. The zero-order chi connectivity index (χ0) is 19.9. The lowest BCUT2D eigenvalue weighted by Gasteiger charge is -2.33. The summed E-state index contributed by atoms with van der Waals surface area (Å²) in [6.45, 7) is 2.17. The number of carbonyl (C=O) groups is 1. The summed E-state index contributed by atoms with van der Waals surface area (Å²) < 4.78 is 0. The van der Waals surface area contributed by atoms with Crippen LogP contribution in [0.25, 0.3) is 11.0 Å². The maximum Gasteiger partial charge on any atom is 0.246 e. The second-order valence-electron chi connectivity index (χ2n) is 7.35. The van der Waals surface area contributed by atoms with Crippen molar-refractivity contribution in [1.29, 1.82) is 5.26 Å². The molecular weight excluding hydrogens is 354 g/mol. The smallest absolute Gasteiger partial charge is 0.246 e. The number of hydrogen-bond acceptors (Lipinski definition) is 6. The van der Waals surface area contributed by atoms with Gasteiger partial charge in [-0.2, -0.15) is 5.26 Å². The van der Waals surface area contributed by atoms with Crippen LogP contribution in [0.4, 0.5) is 5.82 Å². The minimum atomic E-state index is 0.0533. The van der Waals surface area contributed by atoms with Crippen molar-refractivity contribution in [3.63, 3.8) is 0 Å². The van der Waals surface area contributed by atoms with Gasteiger partial charge in [0.05, 0.1) is 11.5 Å². The molecule has 2 N–H and O–H groups in total. The van der Waals surface area contributed by atoms with Gasteiger partial charge < -0.3 is 20.1 Å². The number of likely N-dealkylation sites (tertiary alicyclic amines) is 1. The van der Waals surface area contributed by atoms with Crippen LogP contribution in [-0.4, -0.2) is 70.4 Å². The summed E-state index contributed by atoms with van der Waals surface area (Å²) in [5.74, 6) is 0.819. The Hall–Kier alpha value is -2.92. The van der Waals surface area contributed by atoms with Gasteiger partial charge in [-0.15, -0.1) is 0 Å². The Morgan fingerprint density at radius 3 is 3.14 bits per heavy atom. The number of aromatic nitrogens is 3. The average Bonchev–Trinajstić information content (AvgIpc) is 3.10. The molecule has 1 aliphatic rings. The molecule has 2 aromatic rings. The van der Waals surface area contributed by atoms with Gasteiger partial charge in [-0.1, -0.05) is 6.08 Å². The standard InChI is InChI=1S/C20H27N7O/c1-26(2)10-5-8-17(28)27-11-4-7-16(13-27)25-20-18-15(6-3-9-21)12-22-19(18)23-14-24-20/h5,8,12,14,16H,3-4,6-7,10-11,13H2,1-2H3,(H2,22,23,24,25)/t16-/m1/s1. The molecule has 0 aliphatic carbocycles. The van der Waals surface area contributed by atoms with Gasteiger partial charge >= 0.3 is 0 Å². The van der Waals surface area contributed by atoms with Crippen LogP contribution in [0.15, 0.2) is 24.7 Å². The molecule has 1 saturated heterocycles. The summed E-state index contributed by atoms with van der Waals surface area (Å²) in [5.41, 5.74) is 1.80. The predicted octanol–water partition coefficient (Wildman–Crippen LogP) is 1.93. The third-order valence-corrected chi connectivity index (χ3v) is 4.86. The fourth-order valence-electron chi connectivity index (χ4n) is 3.48. The molecule has 1 amide bonds. The Bertz CT molecular complexity index is 880. The minimum Gasteiger partial charge on any atom is -0.365 e. The van der Waals surface area contributed by atoms with E-state index in [9.17, 15) is 4.79 Å². The summed E-state index contributed by atoms with van der Waals surface area (Å²) in [6.07, 6.45) is 10.0. The van der Waals surface area contributed by atoms with Crippen LogP contribution in [0.3, 0.4) is 0 Å². The number of aryl methyl sites for hydroxylation is 1. The topological polar surface area (TPSA) is 101 Å². The van der Waals surface area contributed by atoms with E-state index in [0.717, 1.165) is 48.3 Å². The molecule has 148 valence electrons. The van der Waals surface area contributed by atoms with E-state index in [0.29, 0.717) is 19.4 Å². The van der Waals surface area contributed by atoms with E-state index in [-0.39, 0.29) is 11.9 Å². The average molecular weight is 381 g/mol. The van der Waals surface area contributed by atoms with Crippen molar-refractivity contribution >= 4 is 22.8 Å². The van der Waals surface area contributed by atoms with Gasteiger partial charge in [0.2, 0.25) is 5.91 Å². The van der Waals surface area contributed by atoms with E-state index < -0.39 is 0 Å². The van der Waals surface area contributed by atoms with Gasteiger partial charge in [0.25, 0.3) is 0 Å². The Kier molecular flexibility index (Phi) is 6.61. The number of nitrogens with one attached hydrogen (secondary N) is 2. The normalized spacial score (nSPS) is 17.4. The van der Waals surface area contributed by atoms with Crippen LogP contribution >= 0.6 is 0 Å². The quantitative estimate of drug-likeness (QED) is 0.711. The molecule has 1 aliphatic heterocycles. The first-order chi connectivity index (χ1) is 13.6. The van der Waals surface area contributed by atoms with Crippen LogP contribution in [0.2, 0.25) is 0 Å². The number of amides is 1. The molecule has 0 spiro atoms. The zero-order valence-corrected chi connectivity index (χ0v) is 16.5. The third-order valence-electron chi connectivity index (χ3n) is 4.86. The Balaban J connectivity index is 1.70. The maximum absolute atomic E-state index is 12.5. The van der Waals surface area contributed by atoms with Crippen LogP contribution < -0.4 is 5.32 Å². The molecule has 1 atom stereocenters. The molecule has 1 fully saturated rings. The molecule has 0 unspecified atom stereocenters. The number of piperidine rings is 1. The molecule has 3 heterocycles. The fraction of sp³-hybridized carbons (Fsp3) is 0.500. The molecule has 3 rings (SSSR count). The first-order valence-corrected chi connectivity index (χ1v) is 9.63. The van der Waals surface area contributed by atoms with Crippen LogP contribution in [-0.2, 0) is 11.2 Å². The van der Waals surface area contributed by atoms with Gasteiger partial charge in [0.15, 0.2) is 0 Å². The molecule has 2 aromatic heterocycles. The summed E-state index contributed by atoms with van der Waals surface area (Å²) in [7, 11) is 3.95. The largest absolute Gasteiger partial charge is 0.365 e. The molecule has 0 bridgehead atoms. The van der Waals surface area contributed by atoms with Crippen molar-refractivity contribution in [3.05, 3.63) is 30.2 Å². The van der Waals surface area contributed by atoms with Gasteiger partial charge in [0, 0.05) is 44.4 Å². The van der Waals surface area contributed by atoms with Gasteiger partial charge in [-0.3, -0.25) is 4.79 Å². The van der Waals surface area contributed by atoms with Crippen molar-refractivity contribution in [2.45, 2.75) is 31.7 Å². The van der Waals surface area contributed by atoms with E-state index in [4.69, 9.17) is 5.26 Å². The monoisotopic (exact) mass is 381 g/mol. The van der Waals surface area contributed by atoms with Crippen LogP contribution in [0.5, 0.6) is 0 Å². The summed E-state index contributed by atoms with van der Waals surface area (Å²) >= 11 is 0. The first kappa shape index (κ1) is 19.8.